The predicted molar refractivity (Wildman–Crippen MR) is 46.3 cm³/mol. The third-order valence-electron chi connectivity index (χ3n) is 1.54. The van der Waals surface area contributed by atoms with E-state index in [1.807, 2.05) is 0 Å². The van der Waals surface area contributed by atoms with Gasteiger partial charge in [-0.15, -0.1) is 0 Å². The Balaban J connectivity index is 3.28. The molecule has 76 valence electrons. The summed E-state index contributed by atoms with van der Waals surface area (Å²) in [7, 11) is 0. The van der Waals surface area contributed by atoms with E-state index in [1.54, 1.807) is 0 Å². The molecular weight excluding hydrogens is 220 g/mol. The Hall–Kier alpha value is -1.03. The van der Waals surface area contributed by atoms with Crippen molar-refractivity contribution in [1.82, 2.24) is 0 Å². The maximum atomic E-state index is 12.7. The summed E-state index contributed by atoms with van der Waals surface area (Å²) >= 11 is 5.37. The van der Waals surface area contributed by atoms with Crippen LogP contribution in [0, 0.1) is 5.82 Å². The van der Waals surface area contributed by atoms with Crippen molar-refractivity contribution in [2.45, 2.75) is 6.18 Å². The molecule has 0 amide bonds. The van der Waals surface area contributed by atoms with E-state index in [4.69, 9.17) is 11.6 Å². The monoisotopic (exact) mass is 224 g/mol. The van der Waals surface area contributed by atoms with Gasteiger partial charge in [-0.3, -0.25) is 0 Å². The number of rotatable bonds is 1. The van der Waals surface area contributed by atoms with Gasteiger partial charge < -0.3 is 0 Å². The summed E-state index contributed by atoms with van der Waals surface area (Å²) in [4.78, 5) is 0. The van der Waals surface area contributed by atoms with Gasteiger partial charge in [0, 0.05) is 5.03 Å². The number of halogens is 5. The summed E-state index contributed by atoms with van der Waals surface area (Å²) in [6, 6.07) is 2.05. The van der Waals surface area contributed by atoms with E-state index in [0.29, 0.717) is 6.07 Å². The van der Waals surface area contributed by atoms with Crippen LogP contribution in [0.2, 0.25) is 0 Å². The molecule has 1 rings (SSSR count). The zero-order chi connectivity index (χ0) is 10.9. The zero-order valence-electron chi connectivity index (χ0n) is 6.83. The third-order valence-corrected chi connectivity index (χ3v) is 1.76. The van der Waals surface area contributed by atoms with Crippen LogP contribution in [0.25, 0.3) is 5.03 Å². The van der Waals surface area contributed by atoms with Crippen LogP contribution >= 0.6 is 11.6 Å². The van der Waals surface area contributed by atoms with E-state index in [9.17, 15) is 17.6 Å². The molecule has 5 heteroatoms. The van der Waals surface area contributed by atoms with Crippen LogP contribution in [-0.4, -0.2) is 0 Å². The topological polar surface area (TPSA) is 0 Å². The van der Waals surface area contributed by atoms with Gasteiger partial charge in [0.05, 0.1) is 5.56 Å². The van der Waals surface area contributed by atoms with Crippen molar-refractivity contribution in [1.29, 1.82) is 0 Å². The average Bonchev–Trinajstić information content (AvgIpc) is 2.01. The molecule has 0 saturated carbocycles. The molecular formula is C9H5ClF4. The molecule has 1 aromatic carbocycles. The van der Waals surface area contributed by atoms with Crippen LogP contribution < -0.4 is 0 Å². The highest BCUT2D eigenvalue weighted by atomic mass is 35.5. The minimum absolute atomic E-state index is 0.0704. The smallest absolute Gasteiger partial charge is 0.207 e. The highest BCUT2D eigenvalue weighted by molar-refractivity contribution is 6.48. The summed E-state index contributed by atoms with van der Waals surface area (Å²) in [5.74, 6) is -0.989. The standard InChI is InChI=1S/C9H5ClF4/c1-5(10)6-2-7(9(12,13)14)4-8(11)3-6/h2-4H,1H2. The Labute approximate surface area is 82.8 Å². The maximum absolute atomic E-state index is 12.7. The molecule has 0 fully saturated rings. The molecule has 0 heterocycles. The van der Waals surface area contributed by atoms with Crippen molar-refractivity contribution in [2.24, 2.45) is 0 Å². The lowest BCUT2D eigenvalue weighted by atomic mass is 10.1. The first kappa shape index (κ1) is 11.0. The molecule has 0 unspecified atom stereocenters. The molecule has 1 aromatic rings. The van der Waals surface area contributed by atoms with Crippen LogP contribution in [0.3, 0.4) is 0 Å². The molecule has 0 aliphatic rings. The molecule has 0 saturated heterocycles. The first-order valence-electron chi connectivity index (χ1n) is 3.53. The van der Waals surface area contributed by atoms with Crippen molar-refractivity contribution < 1.29 is 17.6 Å². The Bertz CT molecular complexity index is 368. The lowest BCUT2D eigenvalue weighted by Gasteiger charge is -2.08. The lowest BCUT2D eigenvalue weighted by Crippen LogP contribution is -2.05. The normalized spacial score (nSPS) is 11.5. The minimum Gasteiger partial charge on any atom is -0.207 e. The summed E-state index contributed by atoms with van der Waals surface area (Å²) in [6.07, 6.45) is -4.58. The molecule has 0 bridgehead atoms. The molecule has 0 aliphatic heterocycles. The molecule has 14 heavy (non-hydrogen) atoms. The second-order valence-corrected chi connectivity index (χ2v) is 3.09. The number of alkyl halides is 3. The van der Waals surface area contributed by atoms with Crippen molar-refractivity contribution >= 4 is 16.6 Å². The highest BCUT2D eigenvalue weighted by Gasteiger charge is 2.31. The van der Waals surface area contributed by atoms with Crippen molar-refractivity contribution in [3.63, 3.8) is 0 Å². The van der Waals surface area contributed by atoms with Gasteiger partial charge in [0.2, 0.25) is 0 Å². The Morgan fingerprint density at radius 2 is 1.79 bits per heavy atom. The van der Waals surface area contributed by atoms with E-state index in [1.165, 1.54) is 0 Å². The molecule has 0 radical (unpaired) electrons. The largest absolute Gasteiger partial charge is 0.416 e. The summed E-state index contributed by atoms with van der Waals surface area (Å²) < 4.78 is 49.2. The Morgan fingerprint density at radius 3 is 2.21 bits per heavy atom. The van der Waals surface area contributed by atoms with Gasteiger partial charge in [-0.05, 0) is 23.8 Å². The van der Waals surface area contributed by atoms with E-state index in [-0.39, 0.29) is 10.6 Å². The minimum atomic E-state index is -4.58. The first-order valence-corrected chi connectivity index (χ1v) is 3.91. The van der Waals surface area contributed by atoms with Gasteiger partial charge in [0.15, 0.2) is 0 Å². The summed E-state index contributed by atoms with van der Waals surface area (Å²) in [5.41, 5.74) is -1.15. The number of hydrogen-bond acceptors (Lipinski definition) is 0. The summed E-state index contributed by atoms with van der Waals surface area (Å²) in [6.45, 7) is 3.22. The second kappa shape index (κ2) is 3.61. The van der Waals surface area contributed by atoms with E-state index < -0.39 is 17.6 Å². The van der Waals surface area contributed by atoms with Crippen LogP contribution in [0.15, 0.2) is 24.8 Å². The van der Waals surface area contributed by atoms with Crippen LogP contribution in [0.5, 0.6) is 0 Å². The van der Waals surface area contributed by atoms with Crippen molar-refractivity contribution in [3.05, 3.63) is 41.7 Å². The van der Waals surface area contributed by atoms with Crippen LogP contribution in [0.4, 0.5) is 17.6 Å². The fraction of sp³-hybridized carbons (Fsp3) is 0.111. The van der Waals surface area contributed by atoms with E-state index in [2.05, 4.69) is 6.58 Å². The van der Waals surface area contributed by atoms with Gasteiger partial charge in [-0.1, -0.05) is 18.2 Å². The number of hydrogen-bond donors (Lipinski definition) is 0. The second-order valence-electron chi connectivity index (χ2n) is 2.63. The quantitative estimate of drug-likeness (QED) is 0.631. The lowest BCUT2D eigenvalue weighted by molar-refractivity contribution is -0.137. The fourth-order valence-corrected chi connectivity index (χ4v) is 1.02. The van der Waals surface area contributed by atoms with Gasteiger partial charge in [-0.25, -0.2) is 4.39 Å². The molecule has 0 atom stereocenters. The molecule has 0 aromatic heterocycles. The number of benzene rings is 1. The van der Waals surface area contributed by atoms with Gasteiger partial charge in [0.25, 0.3) is 0 Å². The predicted octanol–water partition coefficient (Wildman–Crippen LogP) is 4.05. The highest BCUT2D eigenvalue weighted by Crippen LogP contribution is 2.32. The third kappa shape index (κ3) is 2.48. The van der Waals surface area contributed by atoms with Crippen LogP contribution in [-0.2, 0) is 6.18 Å². The van der Waals surface area contributed by atoms with Crippen LogP contribution in [0.1, 0.15) is 11.1 Å². The Kier molecular flexibility index (Phi) is 2.85. The van der Waals surface area contributed by atoms with Crippen molar-refractivity contribution in [3.8, 4) is 0 Å². The molecule has 0 aliphatic carbocycles. The molecule has 0 N–H and O–H groups in total. The van der Waals surface area contributed by atoms with Crippen molar-refractivity contribution in [2.75, 3.05) is 0 Å². The fourth-order valence-electron chi connectivity index (χ4n) is 0.910. The zero-order valence-corrected chi connectivity index (χ0v) is 7.58. The SMILES string of the molecule is C=C(Cl)c1cc(F)cc(C(F)(F)F)c1. The van der Waals surface area contributed by atoms with E-state index >= 15 is 0 Å². The van der Waals surface area contributed by atoms with Gasteiger partial charge in [-0.2, -0.15) is 13.2 Å². The Morgan fingerprint density at radius 1 is 1.21 bits per heavy atom. The van der Waals surface area contributed by atoms with Gasteiger partial charge >= 0.3 is 6.18 Å². The first-order chi connectivity index (χ1) is 6.30. The molecule has 0 nitrogen and oxygen atoms in total. The summed E-state index contributed by atoms with van der Waals surface area (Å²) in [5, 5.41) is -0.130. The maximum Gasteiger partial charge on any atom is 0.416 e. The van der Waals surface area contributed by atoms with Gasteiger partial charge in [0.1, 0.15) is 5.82 Å². The molecule has 0 spiro atoms. The van der Waals surface area contributed by atoms with E-state index in [0.717, 1.165) is 12.1 Å². The average molecular weight is 225 g/mol.